The van der Waals surface area contributed by atoms with Crippen LogP contribution in [0.4, 0.5) is 5.95 Å². The lowest BCUT2D eigenvalue weighted by Crippen LogP contribution is -2.32. The van der Waals surface area contributed by atoms with Crippen LogP contribution >= 0.6 is 0 Å². The van der Waals surface area contributed by atoms with Crippen LogP contribution in [0, 0.1) is 11.8 Å². The van der Waals surface area contributed by atoms with Gasteiger partial charge in [0.15, 0.2) is 0 Å². The van der Waals surface area contributed by atoms with Gasteiger partial charge in [-0.3, -0.25) is 19.5 Å². The highest BCUT2D eigenvalue weighted by Crippen LogP contribution is 2.36. The average Bonchev–Trinajstić information content (AvgIpc) is 3.22. The van der Waals surface area contributed by atoms with E-state index in [4.69, 9.17) is 0 Å². The Hall–Kier alpha value is -3.55. The van der Waals surface area contributed by atoms with Gasteiger partial charge in [-0.05, 0) is 12.8 Å². The van der Waals surface area contributed by atoms with Crippen molar-refractivity contribution in [3.05, 3.63) is 58.9 Å². The molecular weight excluding hydrogens is 346 g/mol. The van der Waals surface area contributed by atoms with E-state index in [1.165, 1.54) is 6.07 Å². The zero-order valence-corrected chi connectivity index (χ0v) is 14.2. The summed E-state index contributed by atoms with van der Waals surface area (Å²) in [7, 11) is 0. The van der Waals surface area contributed by atoms with Crippen LogP contribution in [0.15, 0.2) is 53.3 Å². The maximum absolute atomic E-state index is 12.7. The van der Waals surface area contributed by atoms with E-state index in [1.54, 1.807) is 0 Å². The Labute approximate surface area is 153 Å². The second kappa shape index (κ2) is 5.73. The molecule has 0 radical (unpaired) electrons. The topological polar surface area (TPSA) is 100 Å². The summed E-state index contributed by atoms with van der Waals surface area (Å²) in [5, 5.41) is 2.75. The van der Waals surface area contributed by atoms with E-state index < -0.39 is 0 Å². The second-order valence-electron chi connectivity index (χ2n) is 6.70. The van der Waals surface area contributed by atoms with Crippen molar-refractivity contribution in [3.8, 4) is 11.3 Å². The van der Waals surface area contributed by atoms with Crippen molar-refractivity contribution in [2.45, 2.75) is 12.8 Å². The van der Waals surface area contributed by atoms with Crippen molar-refractivity contribution in [1.82, 2.24) is 19.6 Å². The molecule has 1 aromatic carbocycles. The Balaban J connectivity index is 1.59. The molecule has 0 saturated carbocycles. The van der Waals surface area contributed by atoms with Gasteiger partial charge in [-0.2, -0.15) is 9.50 Å². The fourth-order valence-corrected chi connectivity index (χ4v) is 3.74. The number of carbonyl (C=O) groups is 2. The van der Waals surface area contributed by atoms with E-state index >= 15 is 0 Å². The van der Waals surface area contributed by atoms with E-state index in [1.807, 2.05) is 42.5 Å². The minimum Gasteiger partial charge on any atom is -0.274 e. The largest absolute Gasteiger partial charge is 0.274 e. The van der Waals surface area contributed by atoms with Crippen molar-refractivity contribution in [1.29, 1.82) is 0 Å². The van der Waals surface area contributed by atoms with Gasteiger partial charge in [0, 0.05) is 11.6 Å². The molecule has 1 aliphatic heterocycles. The Morgan fingerprint density at radius 2 is 1.59 bits per heavy atom. The molecule has 134 valence electrons. The summed E-state index contributed by atoms with van der Waals surface area (Å²) in [4.78, 5) is 47.6. The lowest BCUT2D eigenvalue weighted by molar-refractivity contribution is -0.122. The molecule has 27 heavy (non-hydrogen) atoms. The van der Waals surface area contributed by atoms with E-state index in [9.17, 15) is 14.4 Å². The predicted octanol–water partition coefficient (Wildman–Crippen LogP) is 1.54. The number of anilines is 1. The van der Waals surface area contributed by atoms with Crippen molar-refractivity contribution in [2.75, 3.05) is 4.90 Å². The highest BCUT2D eigenvalue weighted by Gasteiger charge is 2.49. The molecule has 3 heterocycles. The summed E-state index contributed by atoms with van der Waals surface area (Å²) < 4.78 is 1.14. The summed E-state index contributed by atoms with van der Waals surface area (Å²) in [5.41, 5.74) is 0.901. The van der Waals surface area contributed by atoms with Gasteiger partial charge < -0.3 is 0 Å². The van der Waals surface area contributed by atoms with Crippen LogP contribution in [0.2, 0.25) is 0 Å². The van der Waals surface area contributed by atoms with Crippen LogP contribution in [0.3, 0.4) is 0 Å². The van der Waals surface area contributed by atoms with Gasteiger partial charge in [0.25, 0.3) is 11.3 Å². The van der Waals surface area contributed by atoms with Crippen LogP contribution in [0.25, 0.3) is 17.0 Å². The molecule has 1 saturated heterocycles. The Morgan fingerprint density at radius 3 is 2.26 bits per heavy atom. The SMILES string of the molecule is O=C1[C@H]2CC=CC[C@@H]2C(=O)N1c1nc2nc(-c3ccccc3)cc(=O)n2[nH]1. The molecule has 2 aliphatic rings. The molecule has 2 amide bonds. The first kappa shape index (κ1) is 15.7. The molecule has 2 aromatic heterocycles. The lowest BCUT2D eigenvalue weighted by Gasteiger charge is -2.14. The normalized spacial score (nSPS) is 21.9. The Bertz CT molecular complexity index is 1140. The number of imide groups is 1. The number of allylic oxidation sites excluding steroid dienone is 2. The molecular formula is C19H15N5O3. The Kier molecular flexibility index (Phi) is 3.33. The molecule has 5 rings (SSSR count). The quantitative estimate of drug-likeness (QED) is 0.551. The standard InChI is InChI=1S/C19H15N5O3/c25-15-10-14(11-6-2-1-3-7-11)20-18-21-19(22-24(15)18)23-16(26)12-8-4-5-9-13(12)17(23)27/h1-7,10,12-13H,8-9H2,(H,20,21,22)/t12-,13-/m0/s1. The summed E-state index contributed by atoms with van der Waals surface area (Å²) >= 11 is 0. The van der Waals surface area contributed by atoms with Crippen LogP contribution < -0.4 is 10.5 Å². The van der Waals surface area contributed by atoms with E-state index in [-0.39, 0.29) is 40.9 Å². The molecule has 8 nitrogen and oxygen atoms in total. The van der Waals surface area contributed by atoms with Crippen molar-refractivity contribution >= 4 is 23.5 Å². The van der Waals surface area contributed by atoms with Gasteiger partial charge in [-0.1, -0.05) is 42.5 Å². The summed E-state index contributed by atoms with van der Waals surface area (Å²) in [6.45, 7) is 0. The van der Waals surface area contributed by atoms with Gasteiger partial charge in [0.1, 0.15) is 0 Å². The molecule has 1 fully saturated rings. The highest BCUT2D eigenvalue weighted by molar-refractivity contribution is 6.21. The highest BCUT2D eigenvalue weighted by atomic mass is 16.2. The molecule has 2 atom stereocenters. The van der Waals surface area contributed by atoms with E-state index in [0.29, 0.717) is 18.5 Å². The number of hydrogen-bond acceptors (Lipinski definition) is 5. The van der Waals surface area contributed by atoms with Crippen molar-refractivity contribution < 1.29 is 9.59 Å². The second-order valence-corrected chi connectivity index (χ2v) is 6.70. The summed E-state index contributed by atoms with van der Waals surface area (Å²) in [5.74, 6) is -1.14. The fraction of sp³-hybridized carbons (Fsp3) is 0.211. The van der Waals surface area contributed by atoms with E-state index in [0.717, 1.165) is 15.0 Å². The third-order valence-electron chi connectivity index (χ3n) is 5.11. The molecule has 8 heteroatoms. The van der Waals surface area contributed by atoms with Crippen molar-refractivity contribution in [3.63, 3.8) is 0 Å². The average molecular weight is 361 g/mol. The number of aromatic nitrogens is 4. The maximum Gasteiger partial charge on any atom is 0.274 e. The number of H-pyrrole nitrogens is 1. The van der Waals surface area contributed by atoms with Crippen LogP contribution in [0.1, 0.15) is 12.8 Å². The first-order valence-electron chi connectivity index (χ1n) is 8.71. The monoisotopic (exact) mass is 361 g/mol. The predicted molar refractivity (Wildman–Crippen MR) is 96.9 cm³/mol. The minimum atomic E-state index is -0.365. The third kappa shape index (κ3) is 2.33. The number of nitrogens with one attached hydrogen (secondary N) is 1. The van der Waals surface area contributed by atoms with Crippen LogP contribution in [-0.2, 0) is 9.59 Å². The number of carbonyl (C=O) groups excluding carboxylic acids is 2. The molecule has 0 bridgehead atoms. The lowest BCUT2D eigenvalue weighted by atomic mass is 9.85. The Morgan fingerprint density at radius 1 is 0.926 bits per heavy atom. The first-order chi connectivity index (χ1) is 13.1. The van der Waals surface area contributed by atoms with Crippen LogP contribution in [0.5, 0.6) is 0 Å². The zero-order valence-electron chi connectivity index (χ0n) is 14.2. The summed E-state index contributed by atoms with van der Waals surface area (Å²) in [6, 6.07) is 10.7. The number of benzene rings is 1. The van der Waals surface area contributed by atoms with E-state index in [2.05, 4.69) is 15.1 Å². The van der Waals surface area contributed by atoms with Gasteiger partial charge in [0.05, 0.1) is 17.5 Å². The van der Waals surface area contributed by atoms with Gasteiger partial charge in [-0.25, -0.2) is 9.88 Å². The minimum absolute atomic E-state index is 0.0363. The molecule has 0 spiro atoms. The zero-order chi connectivity index (χ0) is 18.5. The molecule has 3 aromatic rings. The number of amides is 2. The third-order valence-corrected chi connectivity index (χ3v) is 5.11. The van der Waals surface area contributed by atoms with Crippen molar-refractivity contribution in [2.24, 2.45) is 11.8 Å². The van der Waals surface area contributed by atoms with Gasteiger partial charge in [0.2, 0.25) is 17.8 Å². The fourth-order valence-electron chi connectivity index (χ4n) is 3.74. The molecule has 1 N–H and O–H groups in total. The smallest absolute Gasteiger partial charge is 0.274 e. The summed E-state index contributed by atoms with van der Waals surface area (Å²) in [6.07, 6.45) is 4.93. The number of hydrogen-bond donors (Lipinski definition) is 1. The number of rotatable bonds is 2. The van der Waals surface area contributed by atoms with Crippen LogP contribution in [-0.4, -0.2) is 31.4 Å². The number of nitrogens with zero attached hydrogens (tertiary/aromatic N) is 4. The number of fused-ring (bicyclic) bond motifs is 2. The molecule has 0 unspecified atom stereocenters. The molecule has 1 aliphatic carbocycles. The van der Waals surface area contributed by atoms with Gasteiger partial charge >= 0.3 is 0 Å². The van der Waals surface area contributed by atoms with Gasteiger partial charge in [-0.15, -0.1) is 0 Å². The number of aromatic amines is 1. The first-order valence-corrected chi connectivity index (χ1v) is 8.71. The maximum atomic E-state index is 12.7.